The fraction of sp³-hybridized carbons (Fsp3) is 0.846. The lowest BCUT2D eigenvalue weighted by molar-refractivity contribution is -0.143. The molecule has 3 unspecified atom stereocenters. The van der Waals surface area contributed by atoms with Crippen molar-refractivity contribution in [2.24, 2.45) is 5.92 Å². The smallest absolute Gasteiger partial charge is 0.329 e. The fourth-order valence-corrected chi connectivity index (χ4v) is 2.13. The van der Waals surface area contributed by atoms with Crippen molar-refractivity contribution in [3.05, 3.63) is 0 Å². The third-order valence-electron chi connectivity index (χ3n) is 4.04. The van der Waals surface area contributed by atoms with E-state index in [4.69, 9.17) is 9.84 Å². The third kappa shape index (κ3) is 3.59. The number of likely N-dealkylation sites (tertiary alicyclic amines) is 1. The van der Waals surface area contributed by atoms with Gasteiger partial charge in [-0.15, -0.1) is 0 Å². The van der Waals surface area contributed by atoms with Gasteiger partial charge in [-0.1, -0.05) is 13.8 Å². The van der Waals surface area contributed by atoms with E-state index in [1.807, 2.05) is 0 Å². The fourth-order valence-electron chi connectivity index (χ4n) is 2.13. The van der Waals surface area contributed by atoms with Gasteiger partial charge in [-0.05, 0) is 25.7 Å². The first-order chi connectivity index (χ1) is 8.84. The van der Waals surface area contributed by atoms with Crippen molar-refractivity contribution in [2.75, 3.05) is 20.2 Å². The molecule has 1 aliphatic heterocycles. The van der Waals surface area contributed by atoms with E-state index in [0.29, 0.717) is 25.4 Å². The zero-order valence-corrected chi connectivity index (χ0v) is 12.1. The molecule has 1 fully saturated rings. The Hall–Kier alpha value is -1.30. The van der Waals surface area contributed by atoms with Crippen molar-refractivity contribution in [3.63, 3.8) is 0 Å². The highest BCUT2D eigenvalue weighted by atomic mass is 16.5. The minimum Gasteiger partial charge on any atom is -0.480 e. The Labute approximate surface area is 114 Å². The number of hydrogen-bond acceptors (Lipinski definition) is 3. The second-order valence-electron chi connectivity index (χ2n) is 5.41. The van der Waals surface area contributed by atoms with Crippen molar-refractivity contribution >= 4 is 12.0 Å². The summed E-state index contributed by atoms with van der Waals surface area (Å²) < 4.78 is 5.35. The summed E-state index contributed by atoms with van der Waals surface area (Å²) in [5.41, 5.74) is -1.22. The Balaban J connectivity index is 2.66. The van der Waals surface area contributed by atoms with Crippen molar-refractivity contribution < 1.29 is 19.4 Å². The molecule has 0 aromatic heterocycles. The largest absolute Gasteiger partial charge is 0.480 e. The van der Waals surface area contributed by atoms with E-state index >= 15 is 0 Å². The van der Waals surface area contributed by atoms with Crippen LogP contribution in [0.4, 0.5) is 4.79 Å². The molecule has 0 spiro atoms. The molecule has 1 rings (SSSR count). The number of carbonyl (C=O) groups is 2. The van der Waals surface area contributed by atoms with Gasteiger partial charge in [0.1, 0.15) is 5.54 Å². The van der Waals surface area contributed by atoms with E-state index in [2.05, 4.69) is 12.2 Å². The van der Waals surface area contributed by atoms with Gasteiger partial charge in [-0.3, -0.25) is 0 Å². The Morgan fingerprint density at radius 3 is 2.63 bits per heavy atom. The van der Waals surface area contributed by atoms with Crippen molar-refractivity contribution in [1.29, 1.82) is 0 Å². The molecule has 19 heavy (non-hydrogen) atoms. The second kappa shape index (κ2) is 6.23. The first-order valence-electron chi connectivity index (χ1n) is 6.67. The highest BCUT2D eigenvalue weighted by Gasteiger charge is 2.36. The van der Waals surface area contributed by atoms with Gasteiger partial charge in [0.25, 0.3) is 0 Å². The minimum atomic E-state index is -1.22. The standard InChI is InChI=1S/C13H24N2O4/c1-5-13(3,11(16)17)14-12(18)15-7-6-9(2)10(8-15)19-4/h9-10H,5-8H2,1-4H3,(H,14,18)(H,16,17). The second-order valence-corrected chi connectivity index (χ2v) is 5.41. The van der Waals surface area contributed by atoms with Crippen LogP contribution in [0.5, 0.6) is 0 Å². The maximum absolute atomic E-state index is 12.1. The van der Waals surface area contributed by atoms with Gasteiger partial charge in [-0.2, -0.15) is 0 Å². The van der Waals surface area contributed by atoms with E-state index < -0.39 is 11.5 Å². The topological polar surface area (TPSA) is 78.9 Å². The molecule has 1 heterocycles. The number of nitrogens with one attached hydrogen (secondary N) is 1. The molecule has 2 amide bonds. The van der Waals surface area contributed by atoms with Crippen LogP contribution < -0.4 is 5.32 Å². The summed E-state index contributed by atoms with van der Waals surface area (Å²) >= 11 is 0. The Morgan fingerprint density at radius 1 is 1.53 bits per heavy atom. The van der Waals surface area contributed by atoms with Crippen LogP contribution in [0.3, 0.4) is 0 Å². The summed E-state index contributed by atoms with van der Waals surface area (Å²) in [5, 5.41) is 11.8. The molecule has 6 nitrogen and oxygen atoms in total. The maximum atomic E-state index is 12.1. The van der Waals surface area contributed by atoms with Crippen LogP contribution in [-0.4, -0.2) is 53.8 Å². The van der Waals surface area contributed by atoms with E-state index in [9.17, 15) is 9.59 Å². The summed E-state index contributed by atoms with van der Waals surface area (Å²) in [7, 11) is 1.63. The minimum absolute atomic E-state index is 0.0113. The SMILES string of the molecule is CCC(C)(NC(=O)N1CCC(C)C(OC)C1)C(=O)O. The van der Waals surface area contributed by atoms with Gasteiger partial charge in [-0.25, -0.2) is 9.59 Å². The molecule has 0 bridgehead atoms. The number of urea groups is 1. The number of carboxylic acids is 1. The van der Waals surface area contributed by atoms with Crippen LogP contribution in [0.15, 0.2) is 0 Å². The van der Waals surface area contributed by atoms with Crippen molar-refractivity contribution in [3.8, 4) is 0 Å². The lowest BCUT2D eigenvalue weighted by atomic mass is 9.95. The number of rotatable bonds is 4. The average molecular weight is 272 g/mol. The van der Waals surface area contributed by atoms with E-state index in [1.165, 1.54) is 6.92 Å². The van der Waals surface area contributed by atoms with Gasteiger partial charge in [0.05, 0.1) is 6.10 Å². The quantitative estimate of drug-likeness (QED) is 0.808. The summed E-state index contributed by atoms with van der Waals surface area (Å²) in [6, 6.07) is -0.333. The molecule has 0 aromatic carbocycles. The molecule has 0 aliphatic carbocycles. The van der Waals surface area contributed by atoms with Crippen LogP contribution in [-0.2, 0) is 9.53 Å². The summed E-state index contributed by atoms with van der Waals surface area (Å²) in [6.07, 6.45) is 1.21. The average Bonchev–Trinajstić information content (AvgIpc) is 2.38. The van der Waals surface area contributed by atoms with E-state index in [-0.39, 0.29) is 12.1 Å². The molecular weight excluding hydrogens is 248 g/mol. The predicted molar refractivity (Wildman–Crippen MR) is 71.0 cm³/mol. The number of carbonyl (C=O) groups excluding carboxylic acids is 1. The normalized spacial score (nSPS) is 26.6. The van der Waals surface area contributed by atoms with Crippen molar-refractivity contribution in [1.82, 2.24) is 10.2 Å². The molecule has 0 saturated carbocycles. The zero-order valence-electron chi connectivity index (χ0n) is 12.1. The Morgan fingerprint density at radius 2 is 2.16 bits per heavy atom. The van der Waals surface area contributed by atoms with E-state index in [1.54, 1.807) is 18.9 Å². The first-order valence-corrected chi connectivity index (χ1v) is 6.67. The number of piperidine rings is 1. The number of hydrogen-bond donors (Lipinski definition) is 2. The molecule has 2 N–H and O–H groups in total. The summed E-state index contributed by atoms with van der Waals surface area (Å²) in [5.74, 6) is -0.608. The van der Waals surface area contributed by atoms with Gasteiger partial charge in [0.15, 0.2) is 0 Å². The molecule has 1 aliphatic rings. The molecule has 0 radical (unpaired) electrons. The number of aliphatic carboxylic acids is 1. The van der Waals surface area contributed by atoms with Crippen LogP contribution in [0.2, 0.25) is 0 Å². The third-order valence-corrected chi connectivity index (χ3v) is 4.04. The molecular formula is C13H24N2O4. The first kappa shape index (κ1) is 15.8. The molecule has 110 valence electrons. The van der Waals surface area contributed by atoms with Crippen molar-refractivity contribution in [2.45, 2.75) is 45.3 Å². The lowest BCUT2D eigenvalue weighted by Crippen LogP contribution is -2.58. The number of ether oxygens (including phenoxy) is 1. The molecule has 6 heteroatoms. The predicted octanol–water partition coefficient (Wildman–Crippen LogP) is 1.31. The van der Waals surface area contributed by atoms with Crippen LogP contribution >= 0.6 is 0 Å². The number of carboxylic acid groups (broad SMARTS) is 1. The van der Waals surface area contributed by atoms with Crippen LogP contribution in [0, 0.1) is 5.92 Å². The lowest BCUT2D eigenvalue weighted by Gasteiger charge is -2.37. The maximum Gasteiger partial charge on any atom is 0.329 e. The van der Waals surface area contributed by atoms with Crippen LogP contribution in [0.1, 0.15) is 33.6 Å². The molecule has 3 atom stereocenters. The molecule has 0 aromatic rings. The number of nitrogens with zero attached hydrogens (tertiary/aromatic N) is 1. The zero-order chi connectivity index (χ0) is 14.6. The van der Waals surface area contributed by atoms with Gasteiger partial charge in [0, 0.05) is 20.2 Å². The molecule has 1 saturated heterocycles. The highest BCUT2D eigenvalue weighted by Crippen LogP contribution is 2.20. The van der Waals surface area contributed by atoms with E-state index in [0.717, 1.165) is 6.42 Å². The summed E-state index contributed by atoms with van der Waals surface area (Å²) in [4.78, 5) is 25.0. The summed E-state index contributed by atoms with van der Waals surface area (Å²) in [6.45, 7) is 6.49. The Kier molecular flexibility index (Phi) is 5.17. The van der Waals surface area contributed by atoms with Crippen LogP contribution in [0.25, 0.3) is 0 Å². The highest BCUT2D eigenvalue weighted by molar-refractivity contribution is 5.85. The number of amides is 2. The Bertz CT molecular complexity index is 348. The van der Waals surface area contributed by atoms with Gasteiger partial charge >= 0.3 is 12.0 Å². The van der Waals surface area contributed by atoms with Gasteiger partial charge < -0.3 is 20.1 Å². The number of methoxy groups -OCH3 is 1. The monoisotopic (exact) mass is 272 g/mol. The van der Waals surface area contributed by atoms with Gasteiger partial charge in [0.2, 0.25) is 0 Å².